The lowest BCUT2D eigenvalue weighted by atomic mass is 9.93. The summed E-state index contributed by atoms with van der Waals surface area (Å²) in [4.78, 5) is 4.43. The summed E-state index contributed by atoms with van der Waals surface area (Å²) in [6.07, 6.45) is 5.53. The second-order valence-corrected chi connectivity index (χ2v) is 6.36. The van der Waals surface area contributed by atoms with Crippen LogP contribution in [0, 0.1) is 0 Å². The van der Waals surface area contributed by atoms with Gasteiger partial charge in [-0.1, -0.05) is 30.7 Å². The molecule has 0 atom stereocenters. The van der Waals surface area contributed by atoms with E-state index in [0.29, 0.717) is 11.7 Å². The Kier molecular flexibility index (Phi) is 8.31. The van der Waals surface area contributed by atoms with E-state index < -0.39 is 0 Å². The van der Waals surface area contributed by atoms with Gasteiger partial charge in [0.25, 0.3) is 0 Å². The Hall–Kier alpha value is -1.000. The number of pyridine rings is 1. The molecule has 1 fully saturated rings. The predicted octanol–water partition coefficient (Wildman–Crippen LogP) is 5.20. The van der Waals surface area contributed by atoms with Gasteiger partial charge < -0.3 is 11.1 Å². The Morgan fingerprint density at radius 3 is 2.67 bits per heavy atom. The Morgan fingerprint density at radius 1 is 1.29 bits per heavy atom. The molecule has 1 aromatic heterocycles. The molecule has 0 aliphatic heterocycles. The Balaban J connectivity index is 0.00000144. The van der Waals surface area contributed by atoms with Crippen molar-refractivity contribution in [1.29, 1.82) is 0 Å². The SMILES string of the molecule is CCCNCc1cnc(N)c(-c2cccc(Cl)c2)c1C1CC1.Cl.Cl. The highest BCUT2D eigenvalue weighted by molar-refractivity contribution is 6.30. The molecule has 0 amide bonds. The molecule has 1 aliphatic carbocycles. The molecule has 0 unspecified atom stereocenters. The van der Waals surface area contributed by atoms with Crippen molar-refractivity contribution in [2.75, 3.05) is 12.3 Å². The number of hydrogen-bond donors (Lipinski definition) is 2. The van der Waals surface area contributed by atoms with Crippen molar-refractivity contribution < 1.29 is 0 Å². The van der Waals surface area contributed by atoms with Crippen LogP contribution in [0.15, 0.2) is 30.5 Å². The number of aromatic nitrogens is 1. The molecule has 3 rings (SSSR count). The highest BCUT2D eigenvalue weighted by Crippen LogP contribution is 2.47. The standard InChI is InChI=1S/C18H22ClN3.2ClH/c1-2-8-21-10-14-11-22-18(20)17(16(14)12-6-7-12)13-4-3-5-15(19)9-13;;/h3-5,9,11-12,21H,2,6-8,10H2,1H3,(H2,20,22);2*1H. The van der Waals surface area contributed by atoms with E-state index in [9.17, 15) is 0 Å². The minimum Gasteiger partial charge on any atom is -0.383 e. The van der Waals surface area contributed by atoms with Gasteiger partial charge in [-0.25, -0.2) is 4.98 Å². The number of nitrogens with one attached hydrogen (secondary N) is 1. The van der Waals surface area contributed by atoms with Crippen molar-refractivity contribution in [3.63, 3.8) is 0 Å². The minimum atomic E-state index is 0. The fourth-order valence-corrected chi connectivity index (χ4v) is 3.10. The monoisotopic (exact) mass is 387 g/mol. The van der Waals surface area contributed by atoms with Crippen molar-refractivity contribution in [1.82, 2.24) is 10.3 Å². The molecule has 1 saturated carbocycles. The van der Waals surface area contributed by atoms with E-state index in [1.807, 2.05) is 24.4 Å². The van der Waals surface area contributed by atoms with E-state index in [0.717, 1.165) is 35.7 Å². The molecular formula is C18H24Cl3N3. The van der Waals surface area contributed by atoms with E-state index >= 15 is 0 Å². The lowest BCUT2D eigenvalue weighted by Crippen LogP contribution is -2.16. The molecule has 0 radical (unpaired) electrons. The fourth-order valence-electron chi connectivity index (χ4n) is 2.91. The first-order valence-electron chi connectivity index (χ1n) is 7.94. The number of halogens is 3. The van der Waals surface area contributed by atoms with Gasteiger partial charge in [0.2, 0.25) is 0 Å². The number of anilines is 1. The first-order chi connectivity index (χ1) is 10.7. The summed E-state index contributed by atoms with van der Waals surface area (Å²) in [5, 5.41) is 4.21. The van der Waals surface area contributed by atoms with Crippen molar-refractivity contribution >= 4 is 42.2 Å². The smallest absolute Gasteiger partial charge is 0.131 e. The van der Waals surface area contributed by atoms with Crippen LogP contribution < -0.4 is 11.1 Å². The summed E-state index contributed by atoms with van der Waals surface area (Å²) in [7, 11) is 0. The largest absolute Gasteiger partial charge is 0.383 e. The lowest BCUT2D eigenvalue weighted by Gasteiger charge is -2.17. The first-order valence-corrected chi connectivity index (χ1v) is 8.32. The second-order valence-electron chi connectivity index (χ2n) is 5.92. The summed E-state index contributed by atoms with van der Waals surface area (Å²) in [6, 6.07) is 7.90. The van der Waals surface area contributed by atoms with E-state index in [2.05, 4.69) is 23.3 Å². The van der Waals surface area contributed by atoms with Crippen LogP contribution in [0.2, 0.25) is 5.02 Å². The van der Waals surface area contributed by atoms with Crippen LogP contribution in [0.4, 0.5) is 5.82 Å². The molecule has 3 N–H and O–H groups in total. The maximum atomic E-state index is 6.22. The highest BCUT2D eigenvalue weighted by atomic mass is 35.5. The second kappa shape index (κ2) is 9.47. The molecule has 3 nitrogen and oxygen atoms in total. The van der Waals surface area contributed by atoms with E-state index in [1.165, 1.54) is 24.0 Å². The zero-order valence-corrected chi connectivity index (χ0v) is 16.1. The van der Waals surface area contributed by atoms with Crippen molar-refractivity contribution in [3.8, 4) is 11.1 Å². The van der Waals surface area contributed by atoms with Crippen LogP contribution >= 0.6 is 36.4 Å². The van der Waals surface area contributed by atoms with Crippen LogP contribution in [0.5, 0.6) is 0 Å². The van der Waals surface area contributed by atoms with Crippen LogP contribution in [0.1, 0.15) is 43.2 Å². The zero-order chi connectivity index (χ0) is 15.5. The molecule has 1 aromatic carbocycles. The van der Waals surface area contributed by atoms with Gasteiger partial charge in [-0.05, 0) is 60.5 Å². The third-order valence-corrected chi connectivity index (χ3v) is 4.31. The van der Waals surface area contributed by atoms with Crippen LogP contribution in [-0.4, -0.2) is 11.5 Å². The number of nitrogens with zero attached hydrogens (tertiary/aromatic N) is 1. The van der Waals surface area contributed by atoms with E-state index in [-0.39, 0.29) is 24.8 Å². The van der Waals surface area contributed by atoms with Crippen LogP contribution in [0.25, 0.3) is 11.1 Å². The summed E-state index contributed by atoms with van der Waals surface area (Å²) in [5.74, 6) is 1.21. The lowest BCUT2D eigenvalue weighted by molar-refractivity contribution is 0.670. The highest BCUT2D eigenvalue weighted by Gasteiger charge is 2.30. The van der Waals surface area contributed by atoms with Gasteiger partial charge in [0.1, 0.15) is 5.82 Å². The molecule has 1 aliphatic rings. The van der Waals surface area contributed by atoms with Gasteiger partial charge in [-0.3, -0.25) is 0 Å². The maximum absolute atomic E-state index is 6.22. The Morgan fingerprint density at radius 2 is 2.04 bits per heavy atom. The molecule has 6 heteroatoms. The molecule has 0 spiro atoms. The Labute approximate surface area is 161 Å². The van der Waals surface area contributed by atoms with Crippen LogP contribution in [0.3, 0.4) is 0 Å². The summed E-state index contributed by atoms with van der Waals surface area (Å²) in [6.45, 7) is 4.04. The van der Waals surface area contributed by atoms with Gasteiger partial charge in [-0.2, -0.15) is 0 Å². The third kappa shape index (κ3) is 4.76. The predicted molar refractivity (Wildman–Crippen MR) is 108 cm³/mol. The first kappa shape index (κ1) is 21.0. The number of nitrogen functional groups attached to an aromatic ring is 1. The zero-order valence-electron chi connectivity index (χ0n) is 13.7. The molecule has 0 saturated heterocycles. The fraction of sp³-hybridized carbons (Fsp3) is 0.389. The summed E-state index contributed by atoms with van der Waals surface area (Å²) in [5.41, 5.74) is 11.0. The summed E-state index contributed by atoms with van der Waals surface area (Å²) < 4.78 is 0. The van der Waals surface area contributed by atoms with Crippen molar-refractivity contribution in [2.24, 2.45) is 0 Å². The Bertz CT molecular complexity index is 673. The number of rotatable bonds is 6. The van der Waals surface area contributed by atoms with E-state index in [1.54, 1.807) is 0 Å². The average molecular weight is 389 g/mol. The van der Waals surface area contributed by atoms with Gasteiger partial charge in [0.15, 0.2) is 0 Å². The van der Waals surface area contributed by atoms with Crippen molar-refractivity contribution in [3.05, 3.63) is 46.6 Å². The van der Waals surface area contributed by atoms with Gasteiger partial charge in [-0.15, -0.1) is 24.8 Å². The number of hydrogen-bond acceptors (Lipinski definition) is 3. The quantitative estimate of drug-likeness (QED) is 0.668. The van der Waals surface area contributed by atoms with Gasteiger partial charge >= 0.3 is 0 Å². The molecule has 132 valence electrons. The summed E-state index contributed by atoms with van der Waals surface area (Å²) >= 11 is 6.16. The maximum Gasteiger partial charge on any atom is 0.131 e. The topological polar surface area (TPSA) is 50.9 Å². The van der Waals surface area contributed by atoms with E-state index in [4.69, 9.17) is 17.3 Å². The molecule has 1 heterocycles. The molecule has 24 heavy (non-hydrogen) atoms. The van der Waals surface area contributed by atoms with Gasteiger partial charge in [0, 0.05) is 23.3 Å². The molecule has 0 bridgehead atoms. The number of nitrogens with two attached hydrogens (primary N) is 1. The third-order valence-electron chi connectivity index (χ3n) is 4.07. The van der Waals surface area contributed by atoms with Crippen LogP contribution in [-0.2, 0) is 6.54 Å². The molecular weight excluding hydrogens is 365 g/mol. The van der Waals surface area contributed by atoms with Gasteiger partial charge in [0.05, 0.1) is 0 Å². The number of benzene rings is 1. The van der Waals surface area contributed by atoms with Crippen molar-refractivity contribution in [2.45, 2.75) is 38.6 Å². The minimum absolute atomic E-state index is 0. The normalized spacial score (nSPS) is 13.1. The average Bonchev–Trinajstić information content (AvgIpc) is 3.33. The molecule has 2 aromatic rings.